The Morgan fingerprint density at radius 1 is 1.08 bits per heavy atom. The summed E-state index contributed by atoms with van der Waals surface area (Å²) in [6, 6.07) is 11.0. The molecule has 0 heterocycles. The second kappa shape index (κ2) is 7.42. The molecule has 5 nitrogen and oxygen atoms in total. The lowest BCUT2D eigenvalue weighted by Gasteiger charge is -2.16. The third-order valence-corrected chi connectivity index (χ3v) is 5.26. The number of ketones is 1. The third kappa shape index (κ3) is 4.63. The van der Waals surface area contributed by atoms with Crippen molar-refractivity contribution >= 4 is 44.7 Å². The van der Waals surface area contributed by atoms with E-state index in [4.69, 9.17) is 27.9 Å². The molecule has 24 heavy (non-hydrogen) atoms. The molecule has 0 saturated heterocycles. The molecular formula is C16H15Cl2NO4S. The maximum Gasteiger partial charge on any atom is 0.231 e. The first-order valence-corrected chi connectivity index (χ1v) is 9.44. The monoisotopic (exact) mass is 387 g/mol. The van der Waals surface area contributed by atoms with E-state index in [1.807, 2.05) is 0 Å². The van der Waals surface area contributed by atoms with Gasteiger partial charge in [0.05, 0.1) is 22.0 Å². The van der Waals surface area contributed by atoms with Gasteiger partial charge >= 0.3 is 0 Å². The molecule has 0 saturated carbocycles. The number of Topliss-reactive ketones (excluding diaryl/α,β-unsaturated/α-hetero) is 1. The van der Waals surface area contributed by atoms with Gasteiger partial charge in [0.25, 0.3) is 0 Å². The fraction of sp³-hybridized carbons (Fsp3) is 0.188. The van der Waals surface area contributed by atoms with Crippen LogP contribution in [0.25, 0.3) is 0 Å². The summed E-state index contributed by atoms with van der Waals surface area (Å²) in [5, 5.41) is 0.746. The van der Waals surface area contributed by atoms with Gasteiger partial charge in [0.15, 0.2) is 12.4 Å². The Labute approximate surface area is 150 Å². The van der Waals surface area contributed by atoms with Gasteiger partial charge in [-0.1, -0.05) is 23.2 Å². The molecule has 0 aliphatic heterocycles. The first-order chi connectivity index (χ1) is 11.2. The van der Waals surface area contributed by atoms with E-state index < -0.39 is 10.0 Å². The highest BCUT2D eigenvalue weighted by Gasteiger charge is 2.13. The van der Waals surface area contributed by atoms with Crippen LogP contribution in [0.4, 0.5) is 5.69 Å². The number of carbonyl (C=O) groups excluding carboxylic acids is 1. The Morgan fingerprint density at radius 3 is 2.25 bits per heavy atom. The Balaban J connectivity index is 2.03. The second-order valence-corrected chi connectivity index (χ2v) is 7.89. The number of hydrogen-bond acceptors (Lipinski definition) is 4. The molecule has 0 aliphatic carbocycles. The minimum atomic E-state index is -3.34. The summed E-state index contributed by atoms with van der Waals surface area (Å²) in [6.45, 7) is -0.167. The summed E-state index contributed by atoms with van der Waals surface area (Å²) in [5.74, 6) is 0.195. The highest BCUT2D eigenvalue weighted by atomic mass is 35.5. The molecule has 0 unspecified atom stereocenters. The summed E-state index contributed by atoms with van der Waals surface area (Å²) >= 11 is 11.7. The zero-order chi connectivity index (χ0) is 17.9. The average Bonchev–Trinajstić information content (AvgIpc) is 2.54. The topological polar surface area (TPSA) is 63.7 Å². The van der Waals surface area contributed by atoms with Gasteiger partial charge in [-0.15, -0.1) is 0 Å². The fourth-order valence-electron chi connectivity index (χ4n) is 1.85. The van der Waals surface area contributed by atoms with Crippen molar-refractivity contribution < 1.29 is 17.9 Å². The lowest BCUT2D eigenvalue weighted by Crippen LogP contribution is -2.24. The van der Waals surface area contributed by atoms with Crippen LogP contribution in [0.3, 0.4) is 0 Å². The number of rotatable bonds is 6. The Bertz CT molecular complexity index is 851. The largest absolute Gasteiger partial charge is 0.485 e. The predicted octanol–water partition coefficient (Wildman–Crippen LogP) is 3.65. The van der Waals surface area contributed by atoms with E-state index in [0.717, 1.165) is 10.6 Å². The zero-order valence-electron chi connectivity index (χ0n) is 13.0. The van der Waals surface area contributed by atoms with Crippen molar-refractivity contribution in [1.82, 2.24) is 0 Å². The molecule has 0 radical (unpaired) electrons. The highest BCUT2D eigenvalue weighted by molar-refractivity contribution is 7.92. The normalized spacial score (nSPS) is 11.2. The zero-order valence-corrected chi connectivity index (χ0v) is 15.3. The molecule has 2 aromatic carbocycles. The predicted molar refractivity (Wildman–Crippen MR) is 96.0 cm³/mol. The van der Waals surface area contributed by atoms with E-state index in [1.165, 1.54) is 13.1 Å². The van der Waals surface area contributed by atoms with Gasteiger partial charge in [0.1, 0.15) is 5.75 Å². The quantitative estimate of drug-likeness (QED) is 0.709. The standard InChI is InChI=1S/C16H15Cl2NO4S/c1-19(24(2,21)22)12-5-3-11(4-6-12)16(20)10-23-13-7-8-14(17)15(18)9-13/h3-9H,10H2,1-2H3. The first-order valence-electron chi connectivity index (χ1n) is 6.83. The number of carbonyl (C=O) groups is 1. The lowest BCUT2D eigenvalue weighted by molar-refractivity contribution is 0.0921. The van der Waals surface area contributed by atoms with Crippen LogP contribution in [0.15, 0.2) is 42.5 Å². The molecule has 0 aromatic heterocycles. The van der Waals surface area contributed by atoms with Gasteiger partial charge in [-0.2, -0.15) is 0 Å². The Morgan fingerprint density at radius 2 is 1.71 bits per heavy atom. The minimum Gasteiger partial charge on any atom is -0.485 e. The molecule has 0 spiro atoms. The summed E-state index contributed by atoms with van der Waals surface area (Å²) < 4.78 is 29.5. The molecule has 2 rings (SSSR count). The number of benzene rings is 2. The van der Waals surface area contributed by atoms with E-state index in [-0.39, 0.29) is 12.4 Å². The molecule has 2 aromatic rings. The minimum absolute atomic E-state index is 0.167. The highest BCUT2D eigenvalue weighted by Crippen LogP contribution is 2.26. The fourth-order valence-corrected chi connectivity index (χ4v) is 2.64. The smallest absolute Gasteiger partial charge is 0.231 e. The number of halogens is 2. The van der Waals surface area contributed by atoms with Crippen LogP contribution in [-0.2, 0) is 10.0 Å². The van der Waals surface area contributed by atoms with Crippen molar-refractivity contribution in [2.75, 3.05) is 24.2 Å². The van der Waals surface area contributed by atoms with Crippen LogP contribution >= 0.6 is 23.2 Å². The average molecular weight is 388 g/mol. The SMILES string of the molecule is CN(c1ccc(C(=O)COc2ccc(Cl)c(Cl)c2)cc1)S(C)(=O)=O. The van der Waals surface area contributed by atoms with Gasteiger partial charge in [-0.3, -0.25) is 9.10 Å². The van der Waals surface area contributed by atoms with Crippen LogP contribution < -0.4 is 9.04 Å². The van der Waals surface area contributed by atoms with E-state index in [2.05, 4.69) is 0 Å². The van der Waals surface area contributed by atoms with E-state index in [1.54, 1.807) is 36.4 Å². The van der Waals surface area contributed by atoms with Gasteiger partial charge in [-0.05, 0) is 36.4 Å². The van der Waals surface area contributed by atoms with E-state index in [9.17, 15) is 13.2 Å². The number of anilines is 1. The Hall–Kier alpha value is -1.76. The summed E-state index contributed by atoms with van der Waals surface area (Å²) in [4.78, 5) is 12.1. The third-order valence-electron chi connectivity index (χ3n) is 3.31. The van der Waals surface area contributed by atoms with Crippen molar-refractivity contribution in [2.24, 2.45) is 0 Å². The van der Waals surface area contributed by atoms with Crippen molar-refractivity contribution in [3.05, 3.63) is 58.1 Å². The van der Waals surface area contributed by atoms with Gasteiger partial charge in [-0.25, -0.2) is 8.42 Å². The maximum atomic E-state index is 12.1. The van der Waals surface area contributed by atoms with Crippen molar-refractivity contribution in [3.8, 4) is 5.75 Å². The number of hydrogen-bond donors (Lipinski definition) is 0. The molecule has 0 bridgehead atoms. The maximum absolute atomic E-state index is 12.1. The van der Waals surface area contributed by atoms with E-state index in [0.29, 0.717) is 27.0 Å². The van der Waals surface area contributed by atoms with Crippen LogP contribution in [0.2, 0.25) is 10.0 Å². The van der Waals surface area contributed by atoms with Gasteiger partial charge in [0.2, 0.25) is 10.0 Å². The molecule has 0 atom stereocenters. The van der Waals surface area contributed by atoms with Crippen LogP contribution in [-0.4, -0.2) is 34.1 Å². The first kappa shape index (κ1) is 18.6. The van der Waals surface area contributed by atoms with Crippen molar-refractivity contribution in [1.29, 1.82) is 0 Å². The molecule has 0 aliphatic rings. The molecule has 8 heteroatoms. The van der Waals surface area contributed by atoms with E-state index >= 15 is 0 Å². The molecule has 0 N–H and O–H groups in total. The summed E-state index contributed by atoms with van der Waals surface area (Å²) in [5.41, 5.74) is 0.889. The molecule has 128 valence electrons. The molecular weight excluding hydrogens is 373 g/mol. The lowest BCUT2D eigenvalue weighted by atomic mass is 10.1. The van der Waals surface area contributed by atoms with Crippen LogP contribution in [0.1, 0.15) is 10.4 Å². The van der Waals surface area contributed by atoms with Gasteiger partial charge in [0, 0.05) is 18.7 Å². The summed E-state index contributed by atoms with van der Waals surface area (Å²) in [7, 11) is -1.90. The summed E-state index contributed by atoms with van der Waals surface area (Å²) in [6.07, 6.45) is 1.11. The van der Waals surface area contributed by atoms with Crippen LogP contribution in [0.5, 0.6) is 5.75 Å². The molecule has 0 amide bonds. The number of nitrogens with zero attached hydrogens (tertiary/aromatic N) is 1. The van der Waals surface area contributed by atoms with Crippen LogP contribution in [0, 0.1) is 0 Å². The van der Waals surface area contributed by atoms with Crippen molar-refractivity contribution in [2.45, 2.75) is 0 Å². The molecule has 0 fully saturated rings. The second-order valence-electron chi connectivity index (χ2n) is 5.07. The Kier molecular flexibility index (Phi) is 5.74. The number of ether oxygens (including phenoxy) is 1. The van der Waals surface area contributed by atoms with Gasteiger partial charge < -0.3 is 4.74 Å². The van der Waals surface area contributed by atoms with Crippen molar-refractivity contribution in [3.63, 3.8) is 0 Å². The number of sulfonamides is 1.